The van der Waals surface area contributed by atoms with E-state index in [0.29, 0.717) is 18.8 Å². The molecule has 2 aliphatic rings. The number of hydrogen-bond donors (Lipinski definition) is 2. The minimum Gasteiger partial charge on any atom is -0.323 e. The zero-order chi connectivity index (χ0) is 21.4. The van der Waals surface area contributed by atoms with Gasteiger partial charge in [-0.2, -0.15) is 0 Å². The third-order valence-electron chi connectivity index (χ3n) is 6.61. The summed E-state index contributed by atoms with van der Waals surface area (Å²) in [5.74, 6) is -1.21. The van der Waals surface area contributed by atoms with Gasteiger partial charge < -0.3 is 10.6 Å². The Hall–Kier alpha value is -2.15. The summed E-state index contributed by atoms with van der Waals surface area (Å²) in [6.07, 6.45) is 3.88. The number of amides is 4. The summed E-state index contributed by atoms with van der Waals surface area (Å²) >= 11 is 5.70. The molecule has 1 aliphatic heterocycles. The number of urea groups is 1. The van der Waals surface area contributed by atoms with Gasteiger partial charge in [-0.25, -0.2) is 9.18 Å². The Morgan fingerprint density at radius 1 is 1.34 bits per heavy atom. The molecule has 4 amide bonds. The molecule has 0 aromatic heterocycles. The predicted octanol–water partition coefficient (Wildman–Crippen LogP) is 4.33. The third-order valence-corrected chi connectivity index (χ3v) is 6.84. The highest BCUT2D eigenvalue weighted by atomic mass is 35.5. The van der Waals surface area contributed by atoms with Crippen LogP contribution in [-0.4, -0.2) is 34.8 Å². The first-order valence-electron chi connectivity index (χ1n) is 9.97. The standard InChI is InChI=1S/C21H27ClFN3O3/c1-4-20(2,3)13-7-9-21(10-8-13)18(28)26(19(29)25-21)12-17(27)24-16-6-5-14(22)11-15(16)23/h5-6,11,13H,4,7-10,12H2,1-3H3,(H,24,27)(H,25,29). The van der Waals surface area contributed by atoms with Gasteiger partial charge in [0.15, 0.2) is 0 Å². The number of carbonyl (C=O) groups is 3. The first-order chi connectivity index (χ1) is 13.6. The van der Waals surface area contributed by atoms with Crippen LogP contribution in [0.4, 0.5) is 14.9 Å². The summed E-state index contributed by atoms with van der Waals surface area (Å²) in [5, 5.41) is 5.40. The monoisotopic (exact) mass is 423 g/mol. The van der Waals surface area contributed by atoms with Crippen molar-refractivity contribution in [2.24, 2.45) is 11.3 Å². The minimum absolute atomic E-state index is 0.0523. The van der Waals surface area contributed by atoms with E-state index in [2.05, 4.69) is 31.4 Å². The van der Waals surface area contributed by atoms with Crippen LogP contribution in [0.5, 0.6) is 0 Å². The van der Waals surface area contributed by atoms with Gasteiger partial charge >= 0.3 is 6.03 Å². The largest absolute Gasteiger partial charge is 0.325 e. The molecule has 1 aromatic rings. The lowest BCUT2D eigenvalue weighted by atomic mass is 9.65. The SMILES string of the molecule is CCC(C)(C)C1CCC2(CC1)NC(=O)N(CC(=O)Nc1ccc(Cl)cc1F)C2=O. The number of benzene rings is 1. The second kappa shape index (κ2) is 7.94. The molecule has 158 valence electrons. The van der Waals surface area contributed by atoms with Gasteiger partial charge in [-0.15, -0.1) is 0 Å². The molecule has 6 nitrogen and oxygen atoms in total. The zero-order valence-electron chi connectivity index (χ0n) is 17.0. The maximum Gasteiger partial charge on any atom is 0.325 e. The van der Waals surface area contributed by atoms with E-state index < -0.39 is 29.8 Å². The van der Waals surface area contributed by atoms with E-state index in [-0.39, 0.29) is 22.0 Å². The van der Waals surface area contributed by atoms with Gasteiger partial charge in [-0.1, -0.05) is 38.8 Å². The summed E-state index contributed by atoms with van der Waals surface area (Å²) in [6, 6.07) is 3.28. The Kier molecular flexibility index (Phi) is 5.90. The van der Waals surface area contributed by atoms with Crippen LogP contribution < -0.4 is 10.6 Å². The highest BCUT2D eigenvalue weighted by Crippen LogP contribution is 2.45. The van der Waals surface area contributed by atoms with Crippen molar-refractivity contribution >= 4 is 35.1 Å². The van der Waals surface area contributed by atoms with Crippen LogP contribution in [0.2, 0.25) is 5.02 Å². The smallest absolute Gasteiger partial charge is 0.323 e. The van der Waals surface area contributed by atoms with Gasteiger partial charge in [0, 0.05) is 5.02 Å². The molecule has 0 atom stereocenters. The normalized spacial score (nSPS) is 24.7. The van der Waals surface area contributed by atoms with Gasteiger partial charge in [0.1, 0.15) is 17.9 Å². The van der Waals surface area contributed by atoms with Crippen LogP contribution in [0.3, 0.4) is 0 Å². The van der Waals surface area contributed by atoms with Gasteiger partial charge in [0.2, 0.25) is 5.91 Å². The Bertz CT molecular complexity index is 834. The number of rotatable bonds is 5. The molecule has 1 aliphatic carbocycles. The number of nitrogens with one attached hydrogen (secondary N) is 2. The lowest BCUT2D eigenvalue weighted by Gasteiger charge is -2.42. The van der Waals surface area contributed by atoms with E-state index in [1.807, 2.05) is 0 Å². The fourth-order valence-electron chi connectivity index (χ4n) is 4.26. The minimum atomic E-state index is -0.927. The van der Waals surface area contributed by atoms with Crippen molar-refractivity contribution in [3.05, 3.63) is 29.0 Å². The van der Waals surface area contributed by atoms with Gasteiger partial charge in [0.25, 0.3) is 5.91 Å². The Morgan fingerprint density at radius 2 is 2.00 bits per heavy atom. The topological polar surface area (TPSA) is 78.5 Å². The van der Waals surface area contributed by atoms with E-state index in [1.165, 1.54) is 12.1 Å². The number of anilines is 1. The van der Waals surface area contributed by atoms with Crippen LogP contribution in [-0.2, 0) is 9.59 Å². The second-order valence-corrected chi connectivity index (χ2v) is 9.13. The predicted molar refractivity (Wildman–Crippen MR) is 109 cm³/mol. The second-order valence-electron chi connectivity index (χ2n) is 8.69. The summed E-state index contributed by atoms with van der Waals surface area (Å²) in [5.41, 5.74) is -0.790. The first kappa shape index (κ1) is 21.6. The summed E-state index contributed by atoms with van der Waals surface area (Å²) in [6.45, 7) is 6.17. The van der Waals surface area contributed by atoms with Gasteiger partial charge in [-0.3, -0.25) is 14.5 Å². The van der Waals surface area contributed by atoms with E-state index in [4.69, 9.17) is 11.6 Å². The lowest BCUT2D eigenvalue weighted by Crippen LogP contribution is -2.51. The highest BCUT2D eigenvalue weighted by Gasteiger charge is 2.53. The average molecular weight is 424 g/mol. The molecule has 0 unspecified atom stereocenters. The maximum atomic E-state index is 13.9. The lowest BCUT2D eigenvalue weighted by molar-refractivity contribution is -0.135. The Balaban J connectivity index is 1.64. The Morgan fingerprint density at radius 3 is 2.59 bits per heavy atom. The molecular formula is C21H27ClFN3O3. The molecule has 2 fully saturated rings. The van der Waals surface area contributed by atoms with Crippen molar-refractivity contribution in [3.8, 4) is 0 Å². The molecule has 1 heterocycles. The van der Waals surface area contributed by atoms with Crippen molar-refractivity contribution < 1.29 is 18.8 Å². The molecule has 2 N–H and O–H groups in total. The molecule has 29 heavy (non-hydrogen) atoms. The van der Waals surface area contributed by atoms with Gasteiger partial charge in [-0.05, 0) is 55.2 Å². The number of carbonyl (C=O) groups excluding carboxylic acids is 3. The summed E-state index contributed by atoms with van der Waals surface area (Å²) in [4.78, 5) is 38.6. The molecule has 0 radical (unpaired) electrons. The van der Waals surface area contributed by atoms with Crippen molar-refractivity contribution in [2.45, 2.75) is 58.4 Å². The molecule has 1 aromatic carbocycles. The van der Waals surface area contributed by atoms with Crippen molar-refractivity contribution in [3.63, 3.8) is 0 Å². The van der Waals surface area contributed by atoms with Crippen LogP contribution in [0.1, 0.15) is 52.9 Å². The molecule has 0 bridgehead atoms. The average Bonchev–Trinajstić information content (AvgIpc) is 2.88. The maximum absolute atomic E-state index is 13.9. The summed E-state index contributed by atoms with van der Waals surface area (Å²) < 4.78 is 13.9. The molecule has 1 saturated heterocycles. The van der Waals surface area contributed by atoms with Crippen LogP contribution in [0.15, 0.2) is 18.2 Å². The molecule has 3 rings (SSSR count). The number of halogens is 2. The fourth-order valence-corrected chi connectivity index (χ4v) is 4.42. The van der Waals surface area contributed by atoms with E-state index in [9.17, 15) is 18.8 Å². The zero-order valence-corrected chi connectivity index (χ0v) is 17.7. The van der Waals surface area contributed by atoms with E-state index in [0.717, 1.165) is 30.2 Å². The molecule has 8 heteroatoms. The molecular weight excluding hydrogens is 397 g/mol. The highest BCUT2D eigenvalue weighted by molar-refractivity contribution is 6.30. The Labute approximate surface area is 175 Å². The van der Waals surface area contributed by atoms with Crippen molar-refractivity contribution in [2.75, 3.05) is 11.9 Å². The number of hydrogen-bond acceptors (Lipinski definition) is 3. The molecule has 1 saturated carbocycles. The van der Waals surface area contributed by atoms with Crippen LogP contribution in [0.25, 0.3) is 0 Å². The van der Waals surface area contributed by atoms with Crippen molar-refractivity contribution in [1.29, 1.82) is 0 Å². The van der Waals surface area contributed by atoms with Crippen molar-refractivity contribution in [1.82, 2.24) is 10.2 Å². The first-order valence-corrected chi connectivity index (χ1v) is 10.3. The third kappa shape index (κ3) is 4.25. The number of imide groups is 1. The van der Waals surface area contributed by atoms with Crippen LogP contribution >= 0.6 is 11.6 Å². The van der Waals surface area contributed by atoms with E-state index in [1.54, 1.807) is 0 Å². The quantitative estimate of drug-likeness (QED) is 0.691. The van der Waals surface area contributed by atoms with Crippen LogP contribution in [0, 0.1) is 17.2 Å². The molecule has 1 spiro atoms. The van der Waals surface area contributed by atoms with E-state index >= 15 is 0 Å². The van der Waals surface area contributed by atoms with Gasteiger partial charge in [0.05, 0.1) is 5.69 Å². The fraction of sp³-hybridized carbons (Fsp3) is 0.571. The summed E-state index contributed by atoms with van der Waals surface area (Å²) in [7, 11) is 0. The number of nitrogens with zero attached hydrogens (tertiary/aromatic N) is 1.